The van der Waals surface area contributed by atoms with Gasteiger partial charge in [0.25, 0.3) is 0 Å². The Kier molecular flexibility index (Phi) is 3.63. The highest BCUT2D eigenvalue weighted by atomic mass is 35.5. The molecule has 3 N–H and O–H groups in total. The summed E-state index contributed by atoms with van der Waals surface area (Å²) in [6, 6.07) is 0. The van der Waals surface area contributed by atoms with Crippen LogP contribution in [-0.2, 0) is 4.74 Å². The number of rotatable bonds is 1. The van der Waals surface area contributed by atoms with Crippen LogP contribution in [0.25, 0.3) is 0 Å². The van der Waals surface area contributed by atoms with Gasteiger partial charge >= 0.3 is 0 Å². The van der Waals surface area contributed by atoms with Crippen LogP contribution in [0.5, 0.6) is 0 Å². The van der Waals surface area contributed by atoms with E-state index in [9.17, 15) is 0 Å². The molecule has 1 saturated heterocycles. The van der Waals surface area contributed by atoms with E-state index in [1.807, 2.05) is 0 Å². The molecule has 1 rings (SSSR count). The van der Waals surface area contributed by atoms with Crippen LogP contribution in [0, 0.1) is 0 Å². The van der Waals surface area contributed by atoms with Gasteiger partial charge in [0.05, 0.1) is 5.60 Å². The molecule has 0 aliphatic carbocycles. The highest BCUT2D eigenvalue weighted by molar-refractivity contribution is 4.79. The van der Waals surface area contributed by atoms with Crippen molar-refractivity contribution in [3.63, 3.8) is 0 Å². The molecule has 0 aromatic heterocycles. The van der Waals surface area contributed by atoms with Crippen molar-refractivity contribution in [3.05, 3.63) is 0 Å². The zero-order valence-corrected chi connectivity index (χ0v) is 7.45. The monoisotopic (exact) mass is 165 g/mol. The Balaban J connectivity index is 0.000000810. The van der Waals surface area contributed by atoms with Crippen LogP contribution in [0.3, 0.4) is 0 Å². The summed E-state index contributed by atoms with van der Waals surface area (Å²) in [5.74, 6) is 0. The van der Waals surface area contributed by atoms with Crippen molar-refractivity contribution < 1.29 is 22.9 Å². The van der Waals surface area contributed by atoms with E-state index in [1.54, 1.807) is 0 Å². The van der Waals surface area contributed by atoms with Crippen LogP contribution >= 0.6 is 0 Å². The summed E-state index contributed by atoms with van der Waals surface area (Å²) in [5.41, 5.74) is 3.94. The number of hydrogen-bond acceptors (Lipinski definition) is 1. The number of quaternary nitrogens is 1. The van der Waals surface area contributed by atoms with Gasteiger partial charge in [-0.1, -0.05) is 0 Å². The van der Waals surface area contributed by atoms with E-state index >= 15 is 0 Å². The number of halogens is 1. The molecule has 1 aliphatic rings. The minimum absolute atomic E-state index is 0. The lowest BCUT2D eigenvalue weighted by Crippen LogP contribution is -3.00. The van der Waals surface area contributed by atoms with E-state index in [1.165, 1.54) is 12.8 Å². The molecule has 1 fully saturated rings. The van der Waals surface area contributed by atoms with E-state index < -0.39 is 0 Å². The smallest absolute Gasteiger partial charge is 0.107 e. The number of ether oxygens (including phenoxy) is 1. The van der Waals surface area contributed by atoms with Crippen molar-refractivity contribution in [1.29, 1.82) is 0 Å². The molecule has 10 heavy (non-hydrogen) atoms. The molecular weight excluding hydrogens is 150 g/mol. The normalized spacial score (nSPS) is 29.7. The lowest BCUT2D eigenvalue weighted by molar-refractivity contribution is -0.386. The first-order chi connectivity index (χ1) is 4.14. The second-order valence-electron chi connectivity index (χ2n) is 3.33. The zero-order chi connectivity index (χ0) is 6.91. The molecule has 0 radical (unpaired) electrons. The molecule has 2 nitrogen and oxygen atoms in total. The van der Waals surface area contributed by atoms with Crippen LogP contribution in [-0.4, -0.2) is 18.2 Å². The first-order valence-corrected chi connectivity index (χ1v) is 3.61. The minimum atomic E-state index is 0. The van der Waals surface area contributed by atoms with Crippen molar-refractivity contribution in [2.75, 3.05) is 6.54 Å². The summed E-state index contributed by atoms with van der Waals surface area (Å²) >= 11 is 0. The molecule has 1 atom stereocenters. The van der Waals surface area contributed by atoms with Gasteiger partial charge in [-0.3, -0.25) is 0 Å². The molecule has 0 aromatic rings. The molecule has 1 heterocycles. The summed E-state index contributed by atoms with van der Waals surface area (Å²) in [4.78, 5) is 0. The molecule has 0 spiro atoms. The predicted molar refractivity (Wildman–Crippen MR) is 35.9 cm³/mol. The van der Waals surface area contributed by atoms with Gasteiger partial charge in [0.2, 0.25) is 0 Å². The SMILES string of the molecule is CC1(C)CC[C@H](C[NH3+])O1.[Cl-]. The predicted octanol–water partition coefficient (Wildman–Crippen LogP) is -2.81. The van der Waals surface area contributed by atoms with Crippen LogP contribution in [0.1, 0.15) is 26.7 Å². The highest BCUT2D eigenvalue weighted by Crippen LogP contribution is 2.28. The fourth-order valence-corrected chi connectivity index (χ4v) is 1.28. The Labute approximate surface area is 68.5 Å². The van der Waals surface area contributed by atoms with E-state index in [0.29, 0.717) is 6.10 Å². The first kappa shape index (κ1) is 10.2. The summed E-state index contributed by atoms with van der Waals surface area (Å²) in [7, 11) is 0. The maximum absolute atomic E-state index is 5.64. The molecule has 1 aliphatic heterocycles. The zero-order valence-electron chi connectivity index (χ0n) is 6.69. The van der Waals surface area contributed by atoms with Crippen molar-refractivity contribution in [2.45, 2.75) is 38.4 Å². The van der Waals surface area contributed by atoms with Crippen molar-refractivity contribution in [2.24, 2.45) is 0 Å². The third kappa shape index (κ3) is 2.45. The van der Waals surface area contributed by atoms with E-state index in [0.717, 1.165) is 6.54 Å². The average molecular weight is 166 g/mol. The molecular formula is C7H16ClNO. The van der Waals surface area contributed by atoms with Crippen LogP contribution in [0.2, 0.25) is 0 Å². The Morgan fingerprint density at radius 3 is 2.40 bits per heavy atom. The highest BCUT2D eigenvalue weighted by Gasteiger charge is 2.31. The maximum Gasteiger partial charge on any atom is 0.107 e. The topological polar surface area (TPSA) is 36.9 Å². The number of hydrogen-bond donors (Lipinski definition) is 1. The molecule has 62 valence electrons. The van der Waals surface area contributed by atoms with E-state index in [-0.39, 0.29) is 18.0 Å². The van der Waals surface area contributed by atoms with Gasteiger partial charge in [0.1, 0.15) is 12.6 Å². The van der Waals surface area contributed by atoms with Gasteiger partial charge in [0.15, 0.2) is 0 Å². The largest absolute Gasteiger partial charge is 1.00 e. The van der Waals surface area contributed by atoms with Gasteiger partial charge in [-0.05, 0) is 26.7 Å². The molecule has 0 unspecified atom stereocenters. The lowest BCUT2D eigenvalue weighted by Gasteiger charge is -2.17. The van der Waals surface area contributed by atoms with Crippen LogP contribution < -0.4 is 18.1 Å². The average Bonchev–Trinajstić information content (AvgIpc) is 2.10. The Morgan fingerprint density at radius 1 is 1.60 bits per heavy atom. The maximum atomic E-state index is 5.64. The van der Waals surface area contributed by atoms with Gasteiger partial charge < -0.3 is 22.9 Å². The molecule has 0 bridgehead atoms. The summed E-state index contributed by atoms with van der Waals surface area (Å²) in [5, 5.41) is 0. The minimum Gasteiger partial charge on any atom is -1.00 e. The van der Waals surface area contributed by atoms with Crippen LogP contribution in [0.4, 0.5) is 0 Å². The summed E-state index contributed by atoms with van der Waals surface area (Å²) in [6.45, 7) is 5.20. The summed E-state index contributed by atoms with van der Waals surface area (Å²) in [6.07, 6.45) is 2.81. The Morgan fingerprint density at radius 2 is 2.20 bits per heavy atom. The standard InChI is InChI=1S/C7H15NO.ClH/c1-7(2)4-3-6(5-8)9-7;/h6H,3-5,8H2,1-2H3;1H/t6-;/m1./s1. The van der Waals surface area contributed by atoms with Gasteiger partial charge in [-0.25, -0.2) is 0 Å². The van der Waals surface area contributed by atoms with Gasteiger partial charge in [-0.15, -0.1) is 0 Å². The third-order valence-electron chi connectivity index (χ3n) is 1.88. The third-order valence-corrected chi connectivity index (χ3v) is 1.88. The van der Waals surface area contributed by atoms with Crippen molar-refractivity contribution >= 4 is 0 Å². The van der Waals surface area contributed by atoms with Crippen molar-refractivity contribution in [3.8, 4) is 0 Å². The molecule has 3 heteroatoms. The second-order valence-corrected chi connectivity index (χ2v) is 3.33. The second kappa shape index (κ2) is 3.56. The van der Waals surface area contributed by atoms with E-state index in [2.05, 4.69) is 19.6 Å². The Hall–Kier alpha value is 0.210. The lowest BCUT2D eigenvalue weighted by atomic mass is 10.1. The fraction of sp³-hybridized carbons (Fsp3) is 1.00. The summed E-state index contributed by atoms with van der Waals surface area (Å²) < 4.78 is 5.64. The molecule has 0 amide bonds. The van der Waals surface area contributed by atoms with Crippen molar-refractivity contribution in [1.82, 2.24) is 0 Å². The van der Waals surface area contributed by atoms with Gasteiger partial charge in [0, 0.05) is 0 Å². The molecule has 0 aromatic carbocycles. The fourth-order valence-electron chi connectivity index (χ4n) is 1.28. The first-order valence-electron chi connectivity index (χ1n) is 3.61. The quantitative estimate of drug-likeness (QED) is 0.448. The van der Waals surface area contributed by atoms with E-state index in [4.69, 9.17) is 4.74 Å². The van der Waals surface area contributed by atoms with Crippen LogP contribution in [0.15, 0.2) is 0 Å². The van der Waals surface area contributed by atoms with Gasteiger partial charge in [-0.2, -0.15) is 0 Å². The molecule has 0 saturated carbocycles. The Bertz CT molecular complexity index is 106.